The first-order valence-electron chi connectivity index (χ1n) is 7.11. The second-order valence-electron chi connectivity index (χ2n) is 5.10. The van der Waals surface area contributed by atoms with E-state index >= 15 is 0 Å². The standard InChI is InChI=1S/C16H15NO6S2.Na/c18-16(10-11-24(19,20)21)14-8-6-13(7-9-14)12-17-25(22,23)15-4-2-1-3-5-15;/h1-9,12H,10-11H2,(H,19,20,21);. The number of sulfonamides is 1. The van der Waals surface area contributed by atoms with Crippen LogP contribution in [0.3, 0.4) is 0 Å². The maximum absolute atomic E-state index is 12.0. The number of ketones is 1. The van der Waals surface area contributed by atoms with Crippen molar-refractivity contribution in [1.82, 2.24) is 0 Å². The minimum Gasteiger partial charge on any atom is -0.294 e. The first kappa shape index (κ1) is 22.7. The number of carbonyl (C=O) groups excluding carboxylic acids is 1. The van der Waals surface area contributed by atoms with E-state index in [2.05, 4.69) is 4.40 Å². The molecule has 2 aromatic rings. The molecule has 0 amide bonds. The molecular formula is C16H15NNaO6S2. The van der Waals surface area contributed by atoms with Gasteiger partial charge in [0.15, 0.2) is 5.78 Å². The molecule has 0 fully saturated rings. The van der Waals surface area contributed by atoms with E-state index in [0.29, 0.717) is 5.56 Å². The number of hydrogen-bond acceptors (Lipinski definition) is 5. The van der Waals surface area contributed by atoms with Crippen molar-refractivity contribution in [3.8, 4) is 0 Å². The summed E-state index contributed by atoms with van der Waals surface area (Å²) in [5, 5.41) is 0. The van der Waals surface area contributed by atoms with Crippen LogP contribution in [0.15, 0.2) is 63.9 Å². The molecule has 7 nitrogen and oxygen atoms in total. The molecule has 0 saturated heterocycles. The first-order chi connectivity index (χ1) is 11.7. The Morgan fingerprint density at radius 1 is 0.962 bits per heavy atom. The molecule has 0 spiro atoms. The molecule has 26 heavy (non-hydrogen) atoms. The van der Waals surface area contributed by atoms with Crippen LogP contribution in [0.1, 0.15) is 22.3 Å². The van der Waals surface area contributed by atoms with Crippen LogP contribution in [-0.2, 0) is 20.1 Å². The van der Waals surface area contributed by atoms with Crippen molar-refractivity contribution in [2.24, 2.45) is 4.40 Å². The predicted molar refractivity (Wildman–Crippen MR) is 98.8 cm³/mol. The van der Waals surface area contributed by atoms with Gasteiger partial charge in [-0.3, -0.25) is 9.35 Å². The van der Waals surface area contributed by atoms with Crippen molar-refractivity contribution in [3.05, 3.63) is 65.7 Å². The van der Waals surface area contributed by atoms with Gasteiger partial charge < -0.3 is 0 Å². The fourth-order valence-corrected chi connectivity index (χ4v) is 3.23. The Bertz CT molecular complexity index is 985. The number of hydrogen-bond donors (Lipinski definition) is 1. The first-order valence-corrected chi connectivity index (χ1v) is 10.2. The topological polar surface area (TPSA) is 118 Å². The molecule has 0 atom stereocenters. The molecular weight excluding hydrogens is 389 g/mol. The fraction of sp³-hybridized carbons (Fsp3) is 0.125. The van der Waals surface area contributed by atoms with E-state index in [1.54, 1.807) is 18.2 Å². The zero-order chi connectivity index (χ0) is 18.5. The Labute approximate surface area is 174 Å². The molecule has 0 bridgehead atoms. The second kappa shape index (κ2) is 9.54. The molecule has 2 aromatic carbocycles. The molecule has 0 unspecified atom stereocenters. The van der Waals surface area contributed by atoms with Crippen molar-refractivity contribution < 1.29 is 26.2 Å². The van der Waals surface area contributed by atoms with Gasteiger partial charge in [-0.15, -0.1) is 0 Å². The van der Waals surface area contributed by atoms with Crippen LogP contribution in [0.5, 0.6) is 0 Å². The largest absolute Gasteiger partial charge is 0.294 e. The molecule has 10 heteroatoms. The van der Waals surface area contributed by atoms with Crippen molar-refractivity contribution >= 4 is 61.7 Å². The third kappa shape index (κ3) is 7.10. The van der Waals surface area contributed by atoms with Gasteiger partial charge in [-0.25, -0.2) is 0 Å². The Hall–Kier alpha value is -1.36. The summed E-state index contributed by atoms with van der Waals surface area (Å²) in [6.45, 7) is 0. The van der Waals surface area contributed by atoms with E-state index < -0.39 is 31.7 Å². The van der Waals surface area contributed by atoms with Crippen molar-refractivity contribution in [2.75, 3.05) is 5.75 Å². The summed E-state index contributed by atoms with van der Waals surface area (Å²) >= 11 is 0. The van der Waals surface area contributed by atoms with Crippen molar-refractivity contribution in [2.45, 2.75) is 11.3 Å². The summed E-state index contributed by atoms with van der Waals surface area (Å²) in [5.41, 5.74) is 0.720. The minimum absolute atomic E-state index is 0. The average molecular weight is 404 g/mol. The number of carbonyl (C=O) groups is 1. The van der Waals surface area contributed by atoms with Crippen molar-refractivity contribution in [3.63, 3.8) is 0 Å². The van der Waals surface area contributed by atoms with E-state index in [-0.39, 0.29) is 46.4 Å². The van der Waals surface area contributed by atoms with E-state index in [4.69, 9.17) is 4.55 Å². The van der Waals surface area contributed by atoms with Gasteiger partial charge in [0.1, 0.15) is 0 Å². The van der Waals surface area contributed by atoms with Gasteiger partial charge in [0.05, 0.1) is 10.6 Å². The average Bonchev–Trinajstić information content (AvgIpc) is 2.58. The normalized spacial score (nSPS) is 11.9. The molecule has 2 rings (SSSR count). The summed E-state index contributed by atoms with van der Waals surface area (Å²) < 4.78 is 57.6. The van der Waals surface area contributed by atoms with Gasteiger partial charge in [0.2, 0.25) is 0 Å². The smallest absolute Gasteiger partial charge is 0.282 e. The van der Waals surface area contributed by atoms with Crippen LogP contribution >= 0.6 is 0 Å². The van der Waals surface area contributed by atoms with Gasteiger partial charge in [-0.05, 0) is 17.7 Å². The van der Waals surface area contributed by atoms with Gasteiger partial charge in [0, 0.05) is 47.8 Å². The molecule has 133 valence electrons. The third-order valence-electron chi connectivity index (χ3n) is 3.20. The van der Waals surface area contributed by atoms with E-state index in [9.17, 15) is 21.6 Å². The van der Waals surface area contributed by atoms with Gasteiger partial charge in [-0.2, -0.15) is 21.2 Å². The minimum atomic E-state index is -4.20. The molecule has 0 aromatic heterocycles. The summed E-state index contributed by atoms with van der Waals surface area (Å²) in [6.07, 6.45) is 0.823. The Morgan fingerprint density at radius 3 is 2.08 bits per heavy atom. The SMILES string of the molecule is O=C(CCS(=O)(=O)O)c1ccc(C=NS(=O)(=O)c2ccccc2)cc1.[Na]. The summed E-state index contributed by atoms with van der Waals surface area (Å²) in [7, 11) is -8.00. The predicted octanol–water partition coefficient (Wildman–Crippen LogP) is 1.57. The van der Waals surface area contributed by atoms with E-state index in [1.165, 1.54) is 36.4 Å². The molecule has 0 aliphatic heterocycles. The zero-order valence-corrected chi connectivity index (χ0v) is 17.6. The second-order valence-corrected chi connectivity index (χ2v) is 8.31. The van der Waals surface area contributed by atoms with Gasteiger partial charge in [0.25, 0.3) is 20.1 Å². The maximum atomic E-state index is 12.0. The van der Waals surface area contributed by atoms with Gasteiger partial charge >= 0.3 is 0 Å². The molecule has 0 aliphatic carbocycles. The number of rotatable bonds is 7. The number of nitrogens with zero attached hydrogens (tertiary/aromatic N) is 1. The van der Waals surface area contributed by atoms with Crippen LogP contribution in [0.25, 0.3) is 0 Å². The molecule has 0 heterocycles. The van der Waals surface area contributed by atoms with Crippen LogP contribution in [-0.4, -0.2) is 68.7 Å². The molecule has 0 aliphatic rings. The summed E-state index contributed by atoms with van der Waals surface area (Å²) in [4.78, 5) is 11.9. The Balaban J connectivity index is 0.00000338. The summed E-state index contributed by atoms with van der Waals surface area (Å²) in [5.74, 6) is -1.09. The fourth-order valence-electron chi connectivity index (χ4n) is 1.90. The van der Waals surface area contributed by atoms with Crippen LogP contribution in [0, 0.1) is 0 Å². The zero-order valence-electron chi connectivity index (χ0n) is 13.9. The van der Waals surface area contributed by atoms with Gasteiger partial charge in [-0.1, -0.05) is 42.5 Å². The van der Waals surface area contributed by atoms with Crippen LogP contribution < -0.4 is 0 Å². The summed E-state index contributed by atoms with van der Waals surface area (Å²) in [6, 6.07) is 13.6. The molecule has 1 N–H and O–H groups in total. The number of Topliss-reactive ketones (excluding diaryl/α,β-unsaturated/α-hetero) is 1. The third-order valence-corrected chi connectivity index (χ3v) is 5.17. The molecule has 1 radical (unpaired) electrons. The quantitative estimate of drug-likeness (QED) is 0.324. The maximum Gasteiger partial charge on any atom is 0.282 e. The Kier molecular flexibility index (Phi) is 8.32. The van der Waals surface area contributed by atoms with E-state index in [0.717, 1.165) is 6.21 Å². The number of benzene rings is 2. The van der Waals surface area contributed by atoms with Crippen LogP contribution in [0.2, 0.25) is 0 Å². The molecule has 0 saturated carbocycles. The van der Waals surface area contributed by atoms with Crippen molar-refractivity contribution in [1.29, 1.82) is 0 Å². The van der Waals surface area contributed by atoms with E-state index in [1.807, 2.05) is 0 Å². The Morgan fingerprint density at radius 2 is 1.54 bits per heavy atom. The monoisotopic (exact) mass is 404 g/mol. The van der Waals surface area contributed by atoms with Crippen LogP contribution in [0.4, 0.5) is 0 Å².